The third kappa shape index (κ3) is 4.11. The van der Waals surface area contributed by atoms with Gasteiger partial charge in [0.1, 0.15) is 17.8 Å². The summed E-state index contributed by atoms with van der Waals surface area (Å²) in [7, 11) is 0. The Hall–Kier alpha value is -2.86. The van der Waals surface area contributed by atoms with E-state index in [1.165, 1.54) is 11.9 Å². The van der Waals surface area contributed by atoms with Gasteiger partial charge in [-0.1, -0.05) is 41.9 Å². The molecule has 2 aromatic heterocycles. The summed E-state index contributed by atoms with van der Waals surface area (Å²) >= 11 is 5.83. The Balaban J connectivity index is 1.65. The lowest BCUT2D eigenvalue weighted by atomic mass is 10.1. The van der Waals surface area contributed by atoms with Gasteiger partial charge in [0.25, 0.3) is 0 Å². The first kappa shape index (κ1) is 16.0. The lowest BCUT2D eigenvalue weighted by molar-refractivity contribution is 1.00. The summed E-state index contributed by atoms with van der Waals surface area (Å²) in [5.74, 6) is 1.71. The van der Waals surface area contributed by atoms with Crippen molar-refractivity contribution < 1.29 is 0 Å². The Morgan fingerprint density at radius 2 is 1.75 bits per heavy atom. The number of pyridine rings is 1. The predicted octanol–water partition coefficient (Wildman–Crippen LogP) is 3.51. The molecule has 0 aliphatic carbocycles. The van der Waals surface area contributed by atoms with Gasteiger partial charge in [0, 0.05) is 12.7 Å². The molecule has 0 saturated carbocycles. The molecule has 122 valence electrons. The maximum atomic E-state index is 6.14. The summed E-state index contributed by atoms with van der Waals surface area (Å²) in [4.78, 5) is 12.5. The Morgan fingerprint density at radius 1 is 0.958 bits per heavy atom. The number of nitrogens with zero attached hydrogens (tertiary/aromatic N) is 3. The number of hydrogen-bond acceptors (Lipinski definition) is 6. The smallest absolute Gasteiger partial charge is 0.160 e. The molecule has 0 saturated heterocycles. The van der Waals surface area contributed by atoms with Crippen LogP contribution in [0.5, 0.6) is 0 Å². The number of anilines is 4. The summed E-state index contributed by atoms with van der Waals surface area (Å²) in [5, 5.41) is 6.87. The Bertz CT molecular complexity index is 792. The molecule has 0 unspecified atom stereocenters. The molecular weight excluding hydrogens is 324 g/mol. The average molecular weight is 341 g/mol. The van der Waals surface area contributed by atoms with E-state index in [2.05, 4.69) is 37.7 Å². The van der Waals surface area contributed by atoms with Gasteiger partial charge in [0.15, 0.2) is 11.6 Å². The van der Waals surface area contributed by atoms with Crippen LogP contribution in [0, 0.1) is 0 Å². The van der Waals surface area contributed by atoms with Crippen LogP contribution in [0.15, 0.2) is 55.0 Å². The number of rotatable bonds is 6. The Kier molecular flexibility index (Phi) is 5.08. The summed E-state index contributed by atoms with van der Waals surface area (Å²) < 4.78 is 0. The zero-order valence-corrected chi connectivity index (χ0v) is 13.7. The molecule has 1 aromatic carbocycles. The SMILES string of the molecule is Nc1c(NCCc2ccccc2)ncnc1Nc1ccc(Cl)cn1. The van der Waals surface area contributed by atoms with E-state index in [9.17, 15) is 0 Å². The fraction of sp³-hybridized carbons (Fsp3) is 0.118. The molecule has 0 spiro atoms. The molecule has 7 heteroatoms. The van der Waals surface area contributed by atoms with E-state index in [-0.39, 0.29) is 0 Å². The van der Waals surface area contributed by atoms with Crippen LogP contribution in [0.3, 0.4) is 0 Å². The second-order valence-electron chi connectivity index (χ2n) is 5.13. The van der Waals surface area contributed by atoms with Gasteiger partial charge in [0.05, 0.1) is 5.02 Å². The third-order valence-electron chi connectivity index (χ3n) is 3.41. The fourth-order valence-electron chi connectivity index (χ4n) is 2.18. The van der Waals surface area contributed by atoms with E-state index < -0.39 is 0 Å². The van der Waals surface area contributed by atoms with E-state index in [1.54, 1.807) is 18.3 Å². The van der Waals surface area contributed by atoms with Crippen molar-refractivity contribution in [2.75, 3.05) is 22.9 Å². The molecule has 0 amide bonds. The fourth-order valence-corrected chi connectivity index (χ4v) is 2.29. The minimum absolute atomic E-state index is 0.447. The van der Waals surface area contributed by atoms with Crippen molar-refractivity contribution in [1.29, 1.82) is 0 Å². The Labute approximate surface area is 145 Å². The van der Waals surface area contributed by atoms with Crippen molar-refractivity contribution in [3.8, 4) is 0 Å². The largest absolute Gasteiger partial charge is 0.393 e. The van der Waals surface area contributed by atoms with Gasteiger partial charge in [-0.05, 0) is 24.1 Å². The second-order valence-corrected chi connectivity index (χ2v) is 5.57. The van der Waals surface area contributed by atoms with Crippen LogP contribution in [0.1, 0.15) is 5.56 Å². The summed E-state index contributed by atoms with van der Waals surface area (Å²) in [6.07, 6.45) is 3.89. The van der Waals surface area contributed by atoms with Crippen LogP contribution in [0.4, 0.5) is 23.1 Å². The molecule has 3 aromatic rings. The van der Waals surface area contributed by atoms with Crippen LogP contribution >= 0.6 is 11.6 Å². The van der Waals surface area contributed by atoms with Crippen LogP contribution < -0.4 is 16.4 Å². The molecular formula is C17H17ClN6. The predicted molar refractivity (Wildman–Crippen MR) is 97.6 cm³/mol. The zero-order valence-electron chi connectivity index (χ0n) is 12.9. The highest BCUT2D eigenvalue weighted by Crippen LogP contribution is 2.25. The Morgan fingerprint density at radius 3 is 2.50 bits per heavy atom. The first-order valence-electron chi connectivity index (χ1n) is 7.49. The van der Waals surface area contributed by atoms with Gasteiger partial charge in [-0.25, -0.2) is 15.0 Å². The van der Waals surface area contributed by atoms with Gasteiger partial charge in [0.2, 0.25) is 0 Å². The molecule has 0 radical (unpaired) electrons. The number of benzene rings is 1. The van der Waals surface area contributed by atoms with Crippen LogP contribution in [0.2, 0.25) is 5.02 Å². The van der Waals surface area contributed by atoms with Gasteiger partial charge >= 0.3 is 0 Å². The van der Waals surface area contributed by atoms with E-state index in [4.69, 9.17) is 17.3 Å². The quantitative estimate of drug-likeness (QED) is 0.636. The number of hydrogen-bond donors (Lipinski definition) is 3. The molecule has 2 heterocycles. The average Bonchev–Trinajstić information content (AvgIpc) is 2.61. The monoisotopic (exact) mass is 340 g/mol. The van der Waals surface area contributed by atoms with Crippen molar-refractivity contribution in [3.05, 3.63) is 65.6 Å². The first-order chi connectivity index (χ1) is 11.7. The molecule has 0 atom stereocenters. The third-order valence-corrected chi connectivity index (χ3v) is 3.63. The first-order valence-corrected chi connectivity index (χ1v) is 7.87. The highest BCUT2D eigenvalue weighted by Gasteiger charge is 2.08. The van der Waals surface area contributed by atoms with E-state index in [0.717, 1.165) is 13.0 Å². The van der Waals surface area contributed by atoms with Gasteiger partial charge in [-0.3, -0.25) is 0 Å². The highest BCUT2D eigenvalue weighted by atomic mass is 35.5. The van der Waals surface area contributed by atoms with Crippen molar-refractivity contribution in [1.82, 2.24) is 15.0 Å². The topological polar surface area (TPSA) is 88.8 Å². The minimum Gasteiger partial charge on any atom is -0.393 e. The molecule has 0 fully saturated rings. The van der Waals surface area contributed by atoms with Crippen LogP contribution in [-0.4, -0.2) is 21.5 Å². The van der Waals surface area contributed by atoms with Crippen molar-refractivity contribution >= 4 is 34.7 Å². The summed E-state index contributed by atoms with van der Waals surface area (Å²) in [6.45, 7) is 0.726. The van der Waals surface area contributed by atoms with Crippen molar-refractivity contribution in [2.24, 2.45) is 0 Å². The van der Waals surface area contributed by atoms with Crippen LogP contribution in [0.25, 0.3) is 0 Å². The number of nitrogens with two attached hydrogens (primary N) is 1. The number of nitrogen functional groups attached to an aromatic ring is 1. The molecule has 24 heavy (non-hydrogen) atoms. The molecule has 0 aliphatic rings. The molecule has 0 aliphatic heterocycles. The van der Waals surface area contributed by atoms with E-state index >= 15 is 0 Å². The van der Waals surface area contributed by atoms with Crippen molar-refractivity contribution in [3.63, 3.8) is 0 Å². The number of nitrogens with one attached hydrogen (secondary N) is 2. The van der Waals surface area contributed by atoms with Crippen LogP contribution in [-0.2, 0) is 6.42 Å². The second kappa shape index (κ2) is 7.61. The van der Waals surface area contributed by atoms with Gasteiger partial charge in [-0.15, -0.1) is 0 Å². The number of halogens is 1. The molecule has 6 nitrogen and oxygen atoms in total. The standard InChI is InChI=1S/C17H17ClN6/c18-13-6-7-14(21-10-13)24-17-15(19)16(22-11-23-17)20-9-8-12-4-2-1-3-5-12/h1-7,10-11H,8-9,19H2,(H2,20,21,22,23,24). The molecule has 0 bridgehead atoms. The minimum atomic E-state index is 0.447. The maximum absolute atomic E-state index is 6.14. The van der Waals surface area contributed by atoms with E-state index in [1.807, 2.05) is 18.2 Å². The normalized spacial score (nSPS) is 10.4. The van der Waals surface area contributed by atoms with Gasteiger partial charge in [-0.2, -0.15) is 0 Å². The maximum Gasteiger partial charge on any atom is 0.160 e. The lowest BCUT2D eigenvalue weighted by Crippen LogP contribution is -2.10. The molecule has 3 rings (SSSR count). The van der Waals surface area contributed by atoms with Crippen molar-refractivity contribution in [2.45, 2.75) is 6.42 Å². The summed E-state index contributed by atoms with van der Waals surface area (Å²) in [6, 6.07) is 13.7. The highest BCUT2D eigenvalue weighted by molar-refractivity contribution is 6.30. The zero-order chi connectivity index (χ0) is 16.8. The molecule has 4 N–H and O–H groups in total. The number of aromatic nitrogens is 3. The van der Waals surface area contributed by atoms with E-state index in [0.29, 0.717) is 28.2 Å². The summed E-state index contributed by atoms with van der Waals surface area (Å²) in [5.41, 5.74) is 7.83. The van der Waals surface area contributed by atoms with Gasteiger partial charge < -0.3 is 16.4 Å². The lowest BCUT2D eigenvalue weighted by Gasteiger charge is -2.12.